The number of H-pyrrole nitrogens is 1. The minimum atomic E-state index is -0.439. The van der Waals surface area contributed by atoms with Gasteiger partial charge in [-0.05, 0) is 35.4 Å². The number of fused-ring (bicyclic) bond motifs is 1. The predicted octanol–water partition coefficient (Wildman–Crippen LogP) is 3.36. The molecule has 0 aliphatic rings. The van der Waals surface area contributed by atoms with Crippen LogP contribution in [0, 0.1) is 11.2 Å². The lowest BCUT2D eigenvalue weighted by Gasteiger charge is -2.09. The maximum Gasteiger partial charge on any atom is 0.272 e. The van der Waals surface area contributed by atoms with E-state index in [0.717, 1.165) is 12.0 Å². The van der Waals surface area contributed by atoms with E-state index in [1.807, 2.05) is 13.8 Å². The van der Waals surface area contributed by atoms with Gasteiger partial charge in [0.1, 0.15) is 11.6 Å². The van der Waals surface area contributed by atoms with Gasteiger partial charge in [-0.15, -0.1) is 0 Å². The van der Waals surface area contributed by atoms with Gasteiger partial charge >= 0.3 is 0 Å². The number of aromatic nitrogens is 3. The summed E-state index contributed by atoms with van der Waals surface area (Å²) in [6, 6.07) is 6.19. The molecule has 1 amide bonds. The molecule has 0 unspecified atom stereocenters. The summed E-state index contributed by atoms with van der Waals surface area (Å²) in [5.74, 6) is 0.162. The van der Waals surface area contributed by atoms with E-state index < -0.39 is 5.82 Å². The van der Waals surface area contributed by atoms with Crippen LogP contribution in [0.2, 0.25) is 0 Å². The van der Waals surface area contributed by atoms with Crippen molar-refractivity contribution in [2.75, 3.05) is 7.05 Å². The summed E-state index contributed by atoms with van der Waals surface area (Å²) in [7, 11) is 1.71. The zero-order valence-electron chi connectivity index (χ0n) is 16.5. The number of imidazole rings is 1. The van der Waals surface area contributed by atoms with Crippen molar-refractivity contribution in [2.24, 2.45) is 0 Å². The van der Waals surface area contributed by atoms with Crippen LogP contribution in [0.25, 0.3) is 16.6 Å². The van der Waals surface area contributed by atoms with Crippen LogP contribution in [0.4, 0.5) is 4.39 Å². The van der Waals surface area contributed by atoms with E-state index in [-0.39, 0.29) is 24.1 Å². The first kappa shape index (κ1) is 20.2. The normalized spacial score (nSPS) is 11.7. The topological polar surface area (TPSA) is 107 Å². The Balaban J connectivity index is 1.83. The Kier molecular flexibility index (Phi) is 6.01. The molecule has 7 nitrogen and oxygen atoms in total. The average molecular weight is 394 g/mol. The number of hydrogen-bond acceptors (Lipinski definition) is 5. The highest BCUT2D eigenvalue weighted by molar-refractivity contribution is 6.08. The summed E-state index contributed by atoms with van der Waals surface area (Å²) in [5, 5.41) is 13.1. The SMILES string of the molecule is CN/C=C(\C=N)c1cc(F)cc(CNC(=O)c2nccc3nc(C(C)C)[nH]c23)c1. The van der Waals surface area contributed by atoms with Crippen LogP contribution in [0.15, 0.2) is 36.7 Å². The average Bonchev–Trinajstić information content (AvgIpc) is 3.14. The van der Waals surface area contributed by atoms with Gasteiger partial charge in [-0.25, -0.2) is 14.4 Å². The smallest absolute Gasteiger partial charge is 0.272 e. The summed E-state index contributed by atoms with van der Waals surface area (Å²) in [5.41, 5.74) is 3.16. The number of carbonyl (C=O) groups is 1. The first-order chi connectivity index (χ1) is 13.9. The summed E-state index contributed by atoms with van der Waals surface area (Å²) in [6.07, 6.45) is 4.30. The Morgan fingerprint density at radius 2 is 2.14 bits per heavy atom. The number of rotatable bonds is 7. The third-order valence-electron chi connectivity index (χ3n) is 4.38. The number of hydrogen-bond donors (Lipinski definition) is 4. The fraction of sp³-hybridized carbons (Fsp3) is 0.238. The van der Waals surface area contributed by atoms with Gasteiger partial charge in [-0.1, -0.05) is 13.8 Å². The molecule has 0 aliphatic carbocycles. The van der Waals surface area contributed by atoms with E-state index in [1.165, 1.54) is 12.1 Å². The van der Waals surface area contributed by atoms with E-state index in [0.29, 0.717) is 27.7 Å². The Labute approximate surface area is 168 Å². The van der Waals surface area contributed by atoms with Crippen molar-refractivity contribution in [1.82, 2.24) is 25.6 Å². The number of halogens is 1. The van der Waals surface area contributed by atoms with Crippen molar-refractivity contribution in [3.05, 3.63) is 65.1 Å². The molecule has 0 aliphatic heterocycles. The molecule has 0 saturated carbocycles. The van der Waals surface area contributed by atoms with Crippen LogP contribution < -0.4 is 10.6 Å². The van der Waals surface area contributed by atoms with Gasteiger partial charge in [-0.3, -0.25) is 4.79 Å². The molecular weight excluding hydrogens is 371 g/mol. The Bertz CT molecular complexity index is 1090. The number of amides is 1. The van der Waals surface area contributed by atoms with E-state index in [2.05, 4.69) is 25.6 Å². The Morgan fingerprint density at radius 1 is 1.34 bits per heavy atom. The Morgan fingerprint density at radius 3 is 2.83 bits per heavy atom. The molecule has 3 rings (SSSR count). The number of carbonyl (C=O) groups excluding carboxylic acids is 1. The second-order valence-electron chi connectivity index (χ2n) is 6.89. The molecule has 0 spiro atoms. The van der Waals surface area contributed by atoms with Crippen molar-refractivity contribution in [1.29, 1.82) is 5.41 Å². The van der Waals surface area contributed by atoms with Gasteiger partial charge in [0.15, 0.2) is 5.69 Å². The summed E-state index contributed by atoms with van der Waals surface area (Å²) in [4.78, 5) is 24.5. The number of pyridine rings is 1. The van der Waals surface area contributed by atoms with E-state index in [1.54, 1.807) is 31.6 Å². The van der Waals surface area contributed by atoms with Gasteiger partial charge in [0.05, 0.1) is 11.0 Å². The van der Waals surface area contributed by atoms with Crippen LogP contribution in [0.5, 0.6) is 0 Å². The number of aromatic amines is 1. The molecule has 2 heterocycles. The van der Waals surface area contributed by atoms with E-state index >= 15 is 0 Å². The second-order valence-corrected chi connectivity index (χ2v) is 6.89. The molecular formula is C21H23FN6O. The van der Waals surface area contributed by atoms with Crippen LogP contribution >= 0.6 is 0 Å². The number of benzene rings is 1. The molecule has 0 fully saturated rings. The van der Waals surface area contributed by atoms with Crippen molar-refractivity contribution < 1.29 is 9.18 Å². The van der Waals surface area contributed by atoms with Crippen LogP contribution in [0.1, 0.15) is 47.2 Å². The maximum absolute atomic E-state index is 14.0. The van der Waals surface area contributed by atoms with Crippen molar-refractivity contribution in [3.8, 4) is 0 Å². The summed E-state index contributed by atoms with van der Waals surface area (Å²) >= 11 is 0. The van der Waals surface area contributed by atoms with Crippen molar-refractivity contribution in [2.45, 2.75) is 26.3 Å². The molecule has 4 N–H and O–H groups in total. The van der Waals surface area contributed by atoms with Gasteiger partial charge in [-0.2, -0.15) is 0 Å². The number of nitrogens with one attached hydrogen (secondary N) is 4. The van der Waals surface area contributed by atoms with Crippen LogP contribution in [0.3, 0.4) is 0 Å². The lowest BCUT2D eigenvalue weighted by Crippen LogP contribution is -2.24. The van der Waals surface area contributed by atoms with Gasteiger partial charge in [0.2, 0.25) is 0 Å². The Hall–Kier alpha value is -3.55. The van der Waals surface area contributed by atoms with Crippen LogP contribution in [-0.4, -0.2) is 34.1 Å². The molecule has 3 aromatic rings. The highest BCUT2D eigenvalue weighted by atomic mass is 19.1. The summed E-state index contributed by atoms with van der Waals surface area (Å²) < 4.78 is 14.0. The highest BCUT2D eigenvalue weighted by Crippen LogP contribution is 2.20. The largest absolute Gasteiger partial charge is 0.393 e. The van der Waals surface area contributed by atoms with Gasteiger partial charge < -0.3 is 21.0 Å². The van der Waals surface area contributed by atoms with E-state index in [9.17, 15) is 9.18 Å². The standard InChI is InChI=1S/C21H23FN6O/c1-12(2)20-27-17-4-5-25-19(18(17)28-20)21(29)26-10-13-6-14(8-16(22)7-13)15(9-23)11-24-3/h4-9,11-12,23-24H,10H2,1-3H3,(H,26,29)(H,27,28)/b15-11+,23-9?. The fourth-order valence-corrected chi connectivity index (χ4v) is 2.95. The quantitative estimate of drug-likeness (QED) is 0.461. The predicted molar refractivity (Wildman–Crippen MR) is 111 cm³/mol. The second kappa shape index (κ2) is 8.64. The van der Waals surface area contributed by atoms with Crippen molar-refractivity contribution in [3.63, 3.8) is 0 Å². The molecule has 0 atom stereocenters. The number of allylic oxidation sites excluding steroid dienone is 1. The van der Waals surface area contributed by atoms with Gasteiger partial charge in [0.25, 0.3) is 5.91 Å². The molecule has 8 heteroatoms. The molecule has 2 aromatic heterocycles. The highest BCUT2D eigenvalue weighted by Gasteiger charge is 2.16. The lowest BCUT2D eigenvalue weighted by molar-refractivity contribution is 0.0947. The monoisotopic (exact) mass is 394 g/mol. The molecule has 1 aromatic carbocycles. The van der Waals surface area contributed by atoms with Crippen molar-refractivity contribution >= 4 is 28.7 Å². The minimum absolute atomic E-state index is 0.123. The molecule has 150 valence electrons. The zero-order chi connectivity index (χ0) is 21.0. The molecule has 0 radical (unpaired) electrons. The van der Waals surface area contributed by atoms with Gasteiger partial charge in [0, 0.05) is 43.7 Å². The summed E-state index contributed by atoms with van der Waals surface area (Å²) in [6.45, 7) is 4.15. The molecule has 0 bridgehead atoms. The first-order valence-corrected chi connectivity index (χ1v) is 9.23. The van der Waals surface area contributed by atoms with Crippen LogP contribution in [-0.2, 0) is 6.54 Å². The maximum atomic E-state index is 14.0. The van der Waals surface area contributed by atoms with E-state index in [4.69, 9.17) is 5.41 Å². The lowest BCUT2D eigenvalue weighted by atomic mass is 10.0. The molecule has 29 heavy (non-hydrogen) atoms. The molecule has 0 saturated heterocycles. The zero-order valence-corrected chi connectivity index (χ0v) is 16.5. The minimum Gasteiger partial charge on any atom is -0.393 e. The third-order valence-corrected chi connectivity index (χ3v) is 4.38. The third kappa shape index (κ3) is 4.48. The number of nitrogens with zero attached hydrogens (tertiary/aromatic N) is 2. The first-order valence-electron chi connectivity index (χ1n) is 9.23. The fourth-order valence-electron chi connectivity index (χ4n) is 2.95.